The normalized spacial score (nSPS) is 14.0. The van der Waals surface area contributed by atoms with Gasteiger partial charge in [0.05, 0.1) is 17.1 Å². The van der Waals surface area contributed by atoms with Crippen LogP contribution in [0, 0.1) is 0 Å². The summed E-state index contributed by atoms with van der Waals surface area (Å²) in [7, 11) is -11.2. The lowest BCUT2D eigenvalue weighted by atomic mass is 10.1. The van der Waals surface area contributed by atoms with Gasteiger partial charge in [-0.15, -0.1) is 0 Å². The molecular weight excluding hydrogens is 640 g/mol. The monoisotopic (exact) mass is 659 g/mol. The zero-order chi connectivity index (χ0) is 32.1. The van der Waals surface area contributed by atoms with Crippen LogP contribution in [0.3, 0.4) is 0 Å². The van der Waals surface area contributed by atoms with Crippen LogP contribution in [0.4, 0.5) is 43.5 Å². The van der Waals surface area contributed by atoms with Crippen LogP contribution >= 0.6 is 0 Å². The van der Waals surface area contributed by atoms with E-state index in [9.17, 15) is 48.3 Å². The molecule has 1 aliphatic rings. The zero-order valence-electron chi connectivity index (χ0n) is 21.9. The fraction of sp³-hybridized carbons (Fsp3) is 0.148. The topological polar surface area (TPSA) is 117 Å². The molecule has 0 amide bonds. The molecule has 0 spiro atoms. The number of sulfonamides is 1. The van der Waals surface area contributed by atoms with Crippen molar-refractivity contribution < 1.29 is 52.5 Å². The van der Waals surface area contributed by atoms with Gasteiger partial charge >= 0.3 is 21.8 Å². The molecule has 4 aromatic rings. The van der Waals surface area contributed by atoms with Gasteiger partial charge in [-0.25, -0.2) is 13.4 Å². The van der Waals surface area contributed by atoms with Gasteiger partial charge < -0.3 is 14.2 Å². The number of phenols is 1. The maximum atomic E-state index is 14.0. The van der Waals surface area contributed by atoms with Crippen LogP contribution in [0.2, 0.25) is 0 Å². The van der Waals surface area contributed by atoms with Crippen molar-refractivity contribution in [1.29, 1.82) is 0 Å². The predicted octanol–water partition coefficient (Wildman–Crippen LogP) is 6.08. The van der Waals surface area contributed by atoms with Gasteiger partial charge in [-0.3, -0.25) is 4.31 Å². The molecule has 5 rings (SSSR count). The number of phenolic OH excluding ortho intramolecular Hbond substituents is 1. The lowest BCUT2D eigenvalue weighted by molar-refractivity contribution is -0.141. The molecule has 3 aromatic carbocycles. The summed E-state index contributed by atoms with van der Waals surface area (Å²) in [6.07, 6.45) is -4.92. The van der Waals surface area contributed by atoms with Gasteiger partial charge in [-0.1, -0.05) is 42.5 Å². The number of benzene rings is 3. The lowest BCUT2D eigenvalue weighted by Crippen LogP contribution is -2.32. The summed E-state index contributed by atoms with van der Waals surface area (Å²) in [6.45, 7) is -1.06. The molecule has 17 heteroatoms. The van der Waals surface area contributed by atoms with E-state index >= 15 is 0 Å². The first-order valence-electron chi connectivity index (χ1n) is 12.3. The Kier molecular flexibility index (Phi) is 7.65. The fourth-order valence-electron chi connectivity index (χ4n) is 4.43. The van der Waals surface area contributed by atoms with E-state index in [4.69, 9.17) is 0 Å². The molecular formula is C27H19F6N3O6S2. The summed E-state index contributed by atoms with van der Waals surface area (Å²) in [6, 6.07) is 16.7. The van der Waals surface area contributed by atoms with Gasteiger partial charge in [-0.2, -0.15) is 34.8 Å². The minimum Gasteiger partial charge on any atom is -0.508 e. The number of hydrogen-bond acceptors (Lipinski definition) is 8. The molecule has 0 saturated carbocycles. The number of rotatable bonds is 6. The number of aromatic hydroxyl groups is 1. The molecule has 1 aromatic heterocycles. The average Bonchev–Trinajstić information content (AvgIpc) is 3.08. The second kappa shape index (κ2) is 10.9. The summed E-state index contributed by atoms with van der Waals surface area (Å²) in [4.78, 5) is 4.43. The third-order valence-corrected chi connectivity index (χ3v) is 9.15. The highest BCUT2D eigenvalue weighted by Gasteiger charge is 2.49. The van der Waals surface area contributed by atoms with Crippen molar-refractivity contribution in [2.45, 2.75) is 29.7 Å². The highest BCUT2D eigenvalue weighted by molar-refractivity contribution is 7.92. The minimum absolute atomic E-state index is 0.0999. The Morgan fingerprint density at radius 2 is 1.48 bits per heavy atom. The molecule has 0 radical (unpaired) electrons. The third-order valence-electron chi connectivity index (χ3n) is 6.43. The van der Waals surface area contributed by atoms with E-state index in [1.807, 2.05) is 0 Å². The van der Waals surface area contributed by atoms with Crippen molar-refractivity contribution in [2.24, 2.45) is 0 Å². The number of alkyl halides is 6. The molecule has 0 bridgehead atoms. The number of fused-ring (bicyclic) bond motifs is 2. The smallest absolute Gasteiger partial charge is 0.508 e. The summed E-state index contributed by atoms with van der Waals surface area (Å²) in [5.41, 5.74) is -7.90. The molecule has 232 valence electrons. The summed E-state index contributed by atoms with van der Waals surface area (Å²) in [5.74, 6) is -1.77. The molecule has 0 aliphatic carbocycles. The number of nitrogens with zero attached hydrogens (tertiary/aromatic N) is 3. The Morgan fingerprint density at radius 3 is 2.09 bits per heavy atom. The van der Waals surface area contributed by atoms with Gasteiger partial charge in [-0.05, 0) is 48.0 Å². The molecule has 1 aliphatic heterocycles. The molecule has 0 atom stereocenters. The maximum absolute atomic E-state index is 14.0. The average molecular weight is 660 g/mol. The summed E-state index contributed by atoms with van der Waals surface area (Å²) >= 11 is 0. The van der Waals surface area contributed by atoms with Gasteiger partial charge in [0, 0.05) is 12.1 Å². The van der Waals surface area contributed by atoms with E-state index in [-0.39, 0.29) is 29.4 Å². The quantitative estimate of drug-likeness (QED) is 0.150. The largest absolute Gasteiger partial charge is 0.534 e. The number of anilines is 3. The molecule has 2 heterocycles. The molecule has 0 fully saturated rings. The van der Waals surface area contributed by atoms with Crippen LogP contribution in [0.1, 0.15) is 16.8 Å². The molecule has 44 heavy (non-hydrogen) atoms. The Hall–Kier alpha value is -4.51. The van der Waals surface area contributed by atoms with Crippen LogP contribution in [0.25, 0.3) is 0 Å². The SMILES string of the molecule is O=S(=O)(c1ccc(O)cc1)N1Cc2ccc(C(F)(F)F)nc2N(Cc2ccccc2)c2cccc(OS(=O)(=O)C(F)(F)F)c21. The van der Waals surface area contributed by atoms with Crippen molar-refractivity contribution in [3.8, 4) is 11.5 Å². The van der Waals surface area contributed by atoms with Crippen LogP contribution < -0.4 is 13.4 Å². The number of pyridine rings is 1. The molecule has 0 saturated heterocycles. The van der Waals surface area contributed by atoms with E-state index < -0.39 is 60.4 Å². The van der Waals surface area contributed by atoms with Gasteiger partial charge in [0.1, 0.15) is 22.9 Å². The van der Waals surface area contributed by atoms with Crippen molar-refractivity contribution in [3.63, 3.8) is 0 Å². The van der Waals surface area contributed by atoms with E-state index in [0.29, 0.717) is 15.9 Å². The number of hydrogen-bond donors (Lipinski definition) is 1. The predicted molar refractivity (Wildman–Crippen MR) is 145 cm³/mol. The first-order valence-corrected chi connectivity index (χ1v) is 15.2. The van der Waals surface area contributed by atoms with E-state index in [0.717, 1.165) is 47.4 Å². The van der Waals surface area contributed by atoms with Crippen LogP contribution in [-0.2, 0) is 39.4 Å². The lowest BCUT2D eigenvalue weighted by Gasteiger charge is -2.29. The summed E-state index contributed by atoms with van der Waals surface area (Å²) < 4.78 is 139. The first kappa shape index (κ1) is 30.9. The fourth-order valence-corrected chi connectivity index (χ4v) is 6.36. The Labute approximate surface area is 246 Å². The molecule has 0 unspecified atom stereocenters. The van der Waals surface area contributed by atoms with Crippen molar-refractivity contribution in [3.05, 3.63) is 102 Å². The van der Waals surface area contributed by atoms with Crippen LogP contribution in [-0.4, -0.2) is 32.4 Å². The van der Waals surface area contributed by atoms with E-state index in [2.05, 4.69) is 9.17 Å². The number of aromatic nitrogens is 1. The van der Waals surface area contributed by atoms with Crippen molar-refractivity contribution >= 4 is 37.3 Å². The zero-order valence-corrected chi connectivity index (χ0v) is 23.5. The maximum Gasteiger partial charge on any atom is 0.534 e. The second-order valence-corrected chi connectivity index (χ2v) is 12.8. The third kappa shape index (κ3) is 5.84. The highest BCUT2D eigenvalue weighted by Crippen LogP contribution is 2.49. The van der Waals surface area contributed by atoms with Gasteiger partial charge in [0.25, 0.3) is 10.0 Å². The summed E-state index contributed by atoms with van der Waals surface area (Å²) in [5, 5.41) is 9.67. The minimum atomic E-state index is -6.34. The van der Waals surface area contributed by atoms with Crippen LogP contribution in [0.15, 0.2) is 89.8 Å². The number of halogens is 6. The Bertz CT molecular complexity index is 1920. The van der Waals surface area contributed by atoms with E-state index in [1.165, 1.54) is 6.07 Å². The van der Waals surface area contributed by atoms with Gasteiger partial charge in [0.15, 0.2) is 5.75 Å². The number of para-hydroxylation sites is 1. The second-order valence-electron chi connectivity index (χ2n) is 9.36. The Morgan fingerprint density at radius 1 is 0.818 bits per heavy atom. The van der Waals surface area contributed by atoms with Crippen molar-refractivity contribution in [1.82, 2.24) is 4.98 Å². The highest BCUT2D eigenvalue weighted by atomic mass is 32.2. The van der Waals surface area contributed by atoms with E-state index in [1.54, 1.807) is 30.3 Å². The molecule has 1 N–H and O–H groups in total. The molecule has 9 nitrogen and oxygen atoms in total. The van der Waals surface area contributed by atoms with Crippen molar-refractivity contribution in [2.75, 3.05) is 9.21 Å². The van der Waals surface area contributed by atoms with Crippen LogP contribution in [0.5, 0.6) is 11.5 Å². The standard InChI is InChI=1S/C27H19F6N3O6S2/c28-26(29,30)23-14-9-18-16-36(43(38,39)20-12-10-19(37)11-13-20)24-21(7-4-8-22(24)42-44(40,41)27(31,32)33)35(25(18)34-23)15-17-5-2-1-3-6-17/h1-14,37H,15-16H2. The Balaban J connectivity index is 1.84. The first-order chi connectivity index (χ1) is 20.5. The van der Waals surface area contributed by atoms with Gasteiger partial charge in [0.2, 0.25) is 0 Å².